The fraction of sp³-hybridized carbons (Fsp3) is 0.629. The standard InChI is InChI=1S/C35H48F2O7/c1-5-9-24-10-12-25(13-11-24)26-14-16-27(17-15-26)28-20-29(36)33(30(37)21-28)41-18-8-19-42-34(40)35(4,22-43-31(38)6-2)23-44-32(39)7-3/h6-7,20-21,24-27H,2-3,5,8-19,22-23H2,1,4H3. The monoisotopic (exact) mass is 618 g/mol. The predicted octanol–water partition coefficient (Wildman–Crippen LogP) is 7.62. The molecular formula is C35H48F2O7. The van der Waals surface area contributed by atoms with Crippen molar-refractivity contribution in [3.8, 4) is 5.75 Å². The number of benzene rings is 1. The SMILES string of the molecule is C=CC(=O)OCC(C)(COC(=O)C=C)C(=O)OCCCOc1c(F)cc(C2CCC(C3CCC(CCC)CC3)CC2)cc1F. The maximum Gasteiger partial charge on any atom is 0.330 e. The van der Waals surface area contributed by atoms with Crippen molar-refractivity contribution in [2.75, 3.05) is 26.4 Å². The molecule has 2 aliphatic rings. The Bertz CT molecular complexity index is 1090. The van der Waals surface area contributed by atoms with E-state index in [0.29, 0.717) is 5.56 Å². The van der Waals surface area contributed by atoms with Gasteiger partial charge in [-0.1, -0.05) is 45.8 Å². The minimum Gasteiger partial charge on any atom is -0.487 e. The number of halogens is 2. The molecule has 9 heteroatoms. The molecule has 2 aliphatic carbocycles. The molecule has 244 valence electrons. The zero-order chi connectivity index (χ0) is 32.1. The quantitative estimate of drug-likeness (QED) is 0.0815. The first-order valence-electron chi connectivity index (χ1n) is 16.0. The molecule has 44 heavy (non-hydrogen) atoms. The number of hydrogen-bond acceptors (Lipinski definition) is 7. The average molecular weight is 619 g/mol. The third kappa shape index (κ3) is 10.2. The fourth-order valence-electron chi connectivity index (χ4n) is 6.54. The van der Waals surface area contributed by atoms with E-state index < -0.39 is 53.9 Å². The van der Waals surface area contributed by atoms with Gasteiger partial charge in [0.1, 0.15) is 18.6 Å². The van der Waals surface area contributed by atoms with Crippen LogP contribution in [-0.2, 0) is 28.6 Å². The molecule has 0 aromatic heterocycles. The maximum absolute atomic E-state index is 14.9. The molecule has 1 aromatic carbocycles. The van der Waals surface area contributed by atoms with Gasteiger partial charge in [0.05, 0.1) is 13.2 Å². The van der Waals surface area contributed by atoms with Crippen LogP contribution in [0.25, 0.3) is 0 Å². The van der Waals surface area contributed by atoms with E-state index in [-0.39, 0.29) is 25.6 Å². The fourth-order valence-corrected chi connectivity index (χ4v) is 6.54. The van der Waals surface area contributed by atoms with Gasteiger partial charge < -0.3 is 18.9 Å². The summed E-state index contributed by atoms with van der Waals surface area (Å²) in [7, 11) is 0. The summed E-state index contributed by atoms with van der Waals surface area (Å²) in [6.07, 6.45) is 14.1. The van der Waals surface area contributed by atoms with Crippen molar-refractivity contribution in [1.29, 1.82) is 0 Å². The van der Waals surface area contributed by atoms with Crippen LogP contribution in [0, 0.1) is 34.8 Å². The summed E-state index contributed by atoms with van der Waals surface area (Å²) in [5.74, 6) is -1.67. The second-order valence-corrected chi connectivity index (χ2v) is 12.5. The van der Waals surface area contributed by atoms with Crippen LogP contribution in [0.3, 0.4) is 0 Å². The first-order chi connectivity index (χ1) is 21.1. The van der Waals surface area contributed by atoms with E-state index in [1.807, 2.05) is 0 Å². The van der Waals surface area contributed by atoms with Crippen molar-refractivity contribution < 1.29 is 42.1 Å². The molecule has 0 atom stereocenters. The molecule has 0 N–H and O–H groups in total. The Hall–Kier alpha value is -3.23. The number of esters is 3. The lowest BCUT2D eigenvalue weighted by Gasteiger charge is -2.38. The summed E-state index contributed by atoms with van der Waals surface area (Å²) in [6, 6.07) is 2.78. The minimum absolute atomic E-state index is 0.0975. The van der Waals surface area contributed by atoms with Crippen molar-refractivity contribution >= 4 is 17.9 Å². The van der Waals surface area contributed by atoms with Crippen LogP contribution < -0.4 is 4.74 Å². The molecule has 0 spiro atoms. The molecule has 0 unspecified atom stereocenters. The Morgan fingerprint density at radius 1 is 0.841 bits per heavy atom. The van der Waals surface area contributed by atoms with Crippen LogP contribution >= 0.6 is 0 Å². The first kappa shape index (κ1) is 35.3. The van der Waals surface area contributed by atoms with E-state index in [1.165, 1.54) is 57.6 Å². The largest absolute Gasteiger partial charge is 0.487 e. The van der Waals surface area contributed by atoms with Crippen LogP contribution in [0.1, 0.15) is 96.0 Å². The van der Waals surface area contributed by atoms with Crippen molar-refractivity contribution in [3.05, 3.63) is 54.6 Å². The third-order valence-corrected chi connectivity index (χ3v) is 9.18. The highest BCUT2D eigenvalue weighted by molar-refractivity contribution is 5.83. The first-order valence-corrected chi connectivity index (χ1v) is 16.0. The van der Waals surface area contributed by atoms with Gasteiger partial charge in [-0.3, -0.25) is 4.79 Å². The lowest BCUT2D eigenvalue weighted by molar-refractivity contribution is -0.168. The molecule has 7 nitrogen and oxygen atoms in total. The van der Waals surface area contributed by atoms with E-state index in [2.05, 4.69) is 20.1 Å². The molecule has 2 fully saturated rings. The Morgan fingerprint density at radius 3 is 1.86 bits per heavy atom. The third-order valence-electron chi connectivity index (χ3n) is 9.18. The summed E-state index contributed by atoms with van der Waals surface area (Å²) in [5, 5.41) is 0. The van der Waals surface area contributed by atoms with Gasteiger partial charge in [-0.25, -0.2) is 18.4 Å². The van der Waals surface area contributed by atoms with E-state index in [0.717, 1.165) is 55.6 Å². The second-order valence-electron chi connectivity index (χ2n) is 12.5. The Morgan fingerprint density at radius 2 is 1.36 bits per heavy atom. The molecule has 0 radical (unpaired) electrons. The summed E-state index contributed by atoms with van der Waals surface area (Å²) >= 11 is 0. The molecule has 0 amide bonds. The second kappa shape index (κ2) is 17.3. The summed E-state index contributed by atoms with van der Waals surface area (Å²) in [4.78, 5) is 35.7. The highest BCUT2D eigenvalue weighted by atomic mass is 19.1. The smallest absolute Gasteiger partial charge is 0.330 e. The van der Waals surface area contributed by atoms with Crippen LogP contribution in [0.2, 0.25) is 0 Å². The van der Waals surface area contributed by atoms with E-state index in [1.54, 1.807) is 0 Å². The predicted molar refractivity (Wildman–Crippen MR) is 163 cm³/mol. The van der Waals surface area contributed by atoms with Crippen molar-refractivity contribution in [2.24, 2.45) is 23.2 Å². The number of ether oxygens (including phenoxy) is 4. The molecule has 0 bridgehead atoms. The summed E-state index contributed by atoms with van der Waals surface area (Å²) in [5.41, 5.74) is -0.806. The van der Waals surface area contributed by atoms with Gasteiger partial charge >= 0.3 is 17.9 Å². The normalized spacial score (nSPS) is 22.0. The van der Waals surface area contributed by atoms with E-state index in [4.69, 9.17) is 18.9 Å². The van der Waals surface area contributed by atoms with E-state index in [9.17, 15) is 23.2 Å². The van der Waals surface area contributed by atoms with Gasteiger partial charge in [-0.2, -0.15) is 0 Å². The number of carbonyl (C=O) groups is 3. The molecule has 0 saturated heterocycles. The molecule has 3 rings (SSSR count). The summed E-state index contributed by atoms with van der Waals surface area (Å²) < 4.78 is 50.5. The van der Waals surface area contributed by atoms with Gasteiger partial charge in [0, 0.05) is 18.6 Å². The Balaban J connectivity index is 1.45. The molecule has 0 aliphatic heterocycles. The molecule has 1 aromatic rings. The van der Waals surface area contributed by atoms with Crippen molar-refractivity contribution in [1.82, 2.24) is 0 Å². The topological polar surface area (TPSA) is 88.1 Å². The zero-order valence-corrected chi connectivity index (χ0v) is 26.3. The van der Waals surface area contributed by atoms with Crippen LogP contribution in [-0.4, -0.2) is 44.3 Å². The lowest BCUT2D eigenvalue weighted by Crippen LogP contribution is -2.40. The van der Waals surface area contributed by atoms with E-state index >= 15 is 0 Å². The highest BCUT2D eigenvalue weighted by Gasteiger charge is 2.38. The maximum atomic E-state index is 14.9. The summed E-state index contributed by atoms with van der Waals surface area (Å²) in [6.45, 7) is 9.21. The number of carbonyl (C=O) groups excluding carboxylic acids is 3. The lowest BCUT2D eigenvalue weighted by atomic mass is 9.68. The number of rotatable bonds is 16. The van der Waals surface area contributed by atoms with Gasteiger partial charge in [0.25, 0.3) is 0 Å². The van der Waals surface area contributed by atoms with Crippen molar-refractivity contribution in [2.45, 2.75) is 90.4 Å². The van der Waals surface area contributed by atoms with Gasteiger partial charge in [-0.15, -0.1) is 0 Å². The number of hydrogen-bond donors (Lipinski definition) is 0. The minimum atomic E-state index is -1.49. The Kier molecular flexibility index (Phi) is 13.9. The van der Waals surface area contributed by atoms with Gasteiger partial charge in [0.2, 0.25) is 0 Å². The van der Waals surface area contributed by atoms with Gasteiger partial charge in [0.15, 0.2) is 17.4 Å². The average Bonchev–Trinajstić information content (AvgIpc) is 3.03. The van der Waals surface area contributed by atoms with Crippen LogP contribution in [0.4, 0.5) is 8.78 Å². The van der Waals surface area contributed by atoms with Gasteiger partial charge in [-0.05, 0) is 86.8 Å². The Labute approximate surface area is 260 Å². The van der Waals surface area contributed by atoms with Crippen molar-refractivity contribution in [3.63, 3.8) is 0 Å². The molecular weight excluding hydrogens is 570 g/mol. The highest BCUT2D eigenvalue weighted by Crippen LogP contribution is 2.45. The molecule has 0 heterocycles. The van der Waals surface area contributed by atoms with Crippen LogP contribution in [0.15, 0.2) is 37.4 Å². The molecule has 2 saturated carbocycles. The zero-order valence-electron chi connectivity index (χ0n) is 26.3. The van der Waals surface area contributed by atoms with Crippen LogP contribution in [0.5, 0.6) is 5.75 Å².